The van der Waals surface area contributed by atoms with E-state index in [1.807, 2.05) is 25.9 Å². The Labute approximate surface area is 662 Å². The monoisotopic (exact) mass is 1600 g/mol. The van der Waals surface area contributed by atoms with Gasteiger partial charge in [0.15, 0.2) is 18.7 Å². The molecule has 3 amide bonds. The van der Waals surface area contributed by atoms with E-state index < -0.39 is 225 Å². The van der Waals surface area contributed by atoms with Crippen LogP contribution in [0, 0.1) is 54.3 Å². The van der Waals surface area contributed by atoms with Crippen molar-refractivity contribution in [2.24, 2.45) is 47.3 Å². The lowest BCUT2D eigenvalue weighted by atomic mass is 9.74. The lowest BCUT2D eigenvalue weighted by Crippen LogP contribution is -2.62. The number of cyclic esters (lactones) is 1. The van der Waals surface area contributed by atoms with Gasteiger partial charge in [-0.15, -0.1) is 0 Å². The Morgan fingerprint density at radius 2 is 1.34 bits per heavy atom. The molecule has 7 aliphatic heterocycles. The highest BCUT2D eigenvalue weighted by molar-refractivity contribution is 6.32. The number of ether oxygens (including phenoxy) is 13. The molecular weight excluding hydrogens is 1470 g/mol. The summed E-state index contributed by atoms with van der Waals surface area (Å²) in [6, 6.07) is -0.399. The van der Waals surface area contributed by atoms with E-state index in [4.69, 9.17) is 61.6 Å². The Balaban J connectivity index is 0.999. The number of aromatic hydroxyl groups is 1. The lowest BCUT2D eigenvalue weighted by molar-refractivity contribution is -0.319. The molecule has 0 spiro atoms. The van der Waals surface area contributed by atoms with Crippen molar-refractivity contribution in [2.75, 3.05) is 74.8 Å². The number of hydrogen-bond donors (Lipinski definition) is 9. The molecule has 7 heterocycles. The van der Waals surface area contributed by atoms with Crippen LogP contribution in [-0.4, -0.2) is 277 Å². The van der Waals surface area contributed by atoms with Crippen LogP contribution in [0.2, 0.25) is 0 Å². The molecule has 4 saturated heterocycles. The number of methoxy groups -OCH3 is 3. The topological polar surface area (TPSA) is 421 Å². The van der Waals surface area contributed by atoms with Crippen LogP contribution >= 0.6 is 0 Å². The molecule has 27 atom stereocenters. The third kappa shape index (κ3) is 19.3. The van der Waals surface area contributed by atoms with Gasteiger partial charge in [0.05, 0.1) is 96.5 Å². The molecule has 32 heteroatoms. The zero-order chi connectivity index (χ0) is 84.2. The van der Waals surface area contributed by atoms with Crippen LogP contribution in [0.3, 0.4) is 0 Å². The number of morpholine rings is 1. The number of hydrogen-bond acceptors (Lipinski definition) is 29. The minimum atomic E-state index is -2.22. The maximum Gasteiger partial charge on any atom is 0.407 e. The number of Topliss-reactive ketones (excluding diaryl/α,β-unsaturated/α-hetero) is 4. The molecule has 4 fully saturated rings. The number of phenolic OH excluding ortho intramolecular Hbond substituents is 1. The number of allylic oxidation sites excluding steroid dienone is 4. The summed E-state index contributed by atoms with van der Waals surface area (Å²) in [5.74, 6) is -15.2. The molecular formula is C81H123N5O27. The second kappa shape index (κ2) is 37.5. The number of phenols is 1. The number of aliphatic hydroxyl groups excluding tert-OH is 4. The van der Waals surface area contributed by atoms with E-state index in [2.05, 4.69) is 16.0 Å². The van der Waals surface area contributed by atoms with Crippen molar-refractivity contribution < 1.29 is 131 Å². The van der Waals surface area contributed by atoms with E-state index in [-0.39, 0.29) is 92.9 Å². The van der Waals surface area contributed by atoms with Gasteiger partial charge in [0.1, 0.15) is 58.2 Å². The Morgan fingerprint density at radius 1 is 0.717 bits per heavy atom. The van der Waals surface area contributed by atoms with Crippen LogP contribution in [0.15, 0.2) is 47.5 Å². The van der Waals surface area contributed by atoms with Crippen LogP contribution in [-0.2, 0) is 71.2 Å². The van der Waals surface area contributed by atoms with Crippen molar-refractivity contribution in [3.8, 4) is 11.5 Å². The fraction of sp³-hybridized carbons (Fsp3) is 0.728. The number of carbonyl (C=O) groups is 8. The highest BCUT2D eigenvalue weighted by Gasteiger charge is 2.57. The number of nitrogens with zero attached hydrogens (tertiary/aromatic N) is 2. The number of likely N-dealkylation sites (N-methyl/N-ethyl adjacent to an activating group) is 1. The summed E-state index contributed by atoms with van der Waals surface area (Å²) in [5.41, 5.74) is -6.82. The Kier molecular flexibility index (Phi) is 30.4. The molecule has 634 valence electrons. The van der Waals surface area contributed by atoms with Gasteiger partial charge < -0.3 is 118 Å². The van der Waals surface area contributed by atoms with Crippen molar-refractivity contribution in [3.05, 3.63) is 69.8 Å². The van der Waals surface area contributed by atoms with Gasteiger partial charge in [-0.2, -0.15) is 0 Å². The zero-order valence-corrected chi connectivity index (χ0v) is 69.4. The van der Waals surface area contributed by atoms with Gasteiger partial charge in [-0.1, -0.05) is 73.6 Å². The minimum absolute atomic E-state index is 0.00769. The number of esters is 1. The van der Waals surface area contributed by atoms with Crippen molar-refractivity contribution in [1.82, 2.24) is 25.8 Å². The van der Waals surface area contributed by atoms with Gasteiger partial charge in [-0.3, -0.25) is 28.8 Å². The largest absolute Gasteiger partial charge is 0.507 e. The van der Waals surface area contributed by atoms with Gasteiger partial charge in [0.25, 0.3) is 11.7 Å². The Bertz CT molecular complexity index is 3740. The van der Waals surface area contributed by atoms with E-state index in [0.717, 1.165) is 6.26 Å². The van der Waals surface area contributed by atoms with E-state index in [1.54, 1.807) is 87.1 Å². The first kappa shape index (κ1) is 91.5. The average molecular weight is 1600 g/mol. The second-order valence-corrected chi connectivity index (χ2v) is 32.8. The van der Waals surface area contributed by atoms with Crippen molar-refractivity contribution in [3.63, 3.8) is 0 Å². The van der Waals surface area contributed by atoms with E-state index in [9.17, 15) is 64.2 Å². The standard InChI is InChI=1S/C81H123N5O27/c1-23-52-80(16,100)69(94)46(10)60(88)40(4)36-78(14,102-21)71(111-75-63(91)50(85(18)19)35-41(5)106-75)47(11)67(48(12)74(97)108-52)109-53-37-79(15,103-22)72(49(13)107-53)112-77(99)83-29-28-82-76(98)110-66-42(6)51(101-20)27-32-105-81(17)70(95)56-54-55(62(90)45(9)68(56)113-81)64(92)57(58(65(54)93)86-30-33-104-34-31-86)84-73(96)39(3)26-24-25-38(2)59(87)43(7)61(89)44(66)8/h24-27,32,38,40-44,46-53,59,61,63,66-67,69,71-72,75,87,89-91,94,100H,23,28-31,33-37H2,1-22H3,(H,82,98)(H,83,99)(H,84,96)/t38-,40-,41-,42+,43+,44+,46+,47+,48-,49+,50?,51-,52-,53+,59-,61+,63-,66+,67+,69-,71-,72+,75+,78-,79-,80-,81-/m0/s1. The number of rotatable bonds is 15. The number of carbonyl (C=O) groups excluding carboxylic acids is 8. The maximum atomic E-state index is 15.0. The molecule has 9 rings (SSSR count). The normalized spacial score (nSPS) is 38.9. The summed E-state index contributed by atoms with van der Waals surface area (Å²) < 4.78 is 81.5. The fourth-order valence-electron chi connectivity index (χ4n) is 17.0. The van der Waals surface area contributed by atoms with Crippen LogP contribution in [0.25, 0.3) is 0 Å². The smallest absolute Gasteiger partial charge is 0.407 e. The molecule has 0 radical (unpaired) electrons. The number of amides is 3. The number of nitrogens with one attached hydrogen (secondary N) is 3. The van der Waals surface area contributed by atoms with Gasteiger partial charge in [0, 0.05) is 119 Å². The Morgan fingerprint density at radius 3 is 1.94 bits per heavy atom. The van der Waals surface area contributed by atoms with Crippen molar-refractivity contribution in [2.45, 2.75) is 258 Å². The van der Waals surface area contributed by atoms with Crippen LogP contribution in [0.5, 0.6) is 11.5 Å². The summed E-state index contributed by atoms with van der Waals surface area (Å²) in [6.07, 6.45) is -10.8. The molecule has 8 aliphatic rings. The number of benzene rings is 1. The third-order valence-electron chi connectivity index (χ3n) is 24.3. The van der Waals surface area contributed by atoms with Gasteiger partial charge in [-0.25, -0.2) is 9.59 Å². The predicted octanol–water partition coefficient (Wildman–Crippen LogP) is 5.64. The lowest BCUT2D eigenvalue weighted by Gasteiger charge is -2.50. The number of ketones is 4. The third-order valence-corrected chi connectivity index (χ3v) is 24.3. The van der Waals surface area contributed by atoms with Crippen LogP contribution in [0.1, 0.15) is 173 Å². The first-order valence-corrected chi connectivity index (χ1v) is 39.2. The van der Waals surface area contributed by atoms with E-state index in [0.29, 0.717) is 6.42 Å². The second-order valence-electron chi connectivity index (χ2n) is 32.8. The number of aliphatic hydroxyl groups is 5. The summed E-state index contributed by atoms with van der Waals surface area (Å²) in [7, 11) is 7.90. The SMILES string of the molecule is CC[C@@H]1OC(=O)[C@@H](C)[C@H](O[C@@H]2C[C@](C)(OC)[C@H](OC(=O)NCCNC(=O)O[C@H]3[C@H](C)[C@H](O)[C@H](C)[C@@H](O)[C@@H](C)C=CC=C(C)C(=O)NC4=C(N5CCOCC5)C(=O)c5c(c(O)c(C)c6c5C(=O)[C@@](C)(OC=C[C@H](OC)[C@H]3C)O6)C4=O)[C@@H](C)O2)[C@@H](C)[C@H](O[C@H]2O[C@@H](C)CC(N(C)C)[C@@H]2O)[C@@](C)(OC)C[C@H](C)C(=O)[C@@H](C)[C@H](O)[C@@]1(C)O. The van der Waals surface area contributed by atoms with E-state index in [1.165, 1.54) is 74.2 Å². The maximum absolute atomic E-state index is 15.0. The van der Waals surface area contributed by atoms with Crippen LogP contribution in [0.4, 0.5) is 9.59 Å². The fourth-order valence-corrected chi connectivity index (χ4v) is 17.0. The molecule has 0 saturated carbocycles. The Hall–Kier alpha value is -7.02. The molecule has 5 bridgehead atoms. The molecule has 1 aromatic rings. The summed E-state index contributed by atoms with van der Waals surface area (Å²) in [6.45, 7) is 27.3. The highest BCUT2D eigenvalue weighted by atomic mass is 16.7. The summed E-state index contributed by atoms with van der Waals surface area (Å²) in [4.78, 5) is 119. The first-order chi connectivity index (χ1) is 52.9. The summed E-state index contributed by atoms with van der Waals surface area (Å²) in [5, 5.41) is 79.3. The minimum Gasteiger partial charge on any atom is -0.507 e. The molecule has 1 aliphatic carbocycles. The molecule has 1 aromatic carbocycles. The zero-order valence-electron chi connectivity index (χ0n) is 69.4. The molecule has 1 unspecified atom stereocenters. The van der Waals surface area contributed by atoms with E-state index >= 15 is 4.79 Å². The molecule has 113 heavy (non-hydrogen) atoms. The molecule has 32 nitrogen and oxygen atoms in total. The van der Waals surface area contributed by atoms with Crippen LogP contribution < -0.4 is 20.7 Å². The molecule has 9 N–H and O–H groups in total. The quantitative estimate of drug-likeness (QED) is 0.0582. The summed E-state index contributed by atoms with van der Waals surface area (Å²) >= 11 is 0. The van der Waals surface area contributed by atoms with Gasteiger partial charge >= 0.3 is 23.9 Å². The van der Waals surface area contributed by atoms with Gasteiger partial charge in [0.2, 0.25) is 11.6 Å². The number of alkyl carbamates (subject to hydrolysis) is 2. The van der Waals surface area contributed by atoms with Crippen molar-refractivity contribution in [1.29, 1.82) is 0 Å². The van der Waals surface area contributed by atoms with Gasteiger partial charge in [-0.05, 0) is 94.8 Å². The average Bonchev–Trinajstić information content (AvgIpc) is 1.63. The predicted molar refractivity (Wildman–Crippen MR) is 407 cm³/mol. The first-order valence-electron chi connectivity index (χ1n) is 39.2. The number of fused-ring (bicyclic) bond motifs is 14. The van der Waals surface area contributed by atoms with Crippen molar-refractivity contribution >= 4 is 47.2 Å². The molecule has 0 aromatic heterocycles. The highest BCUT2D eigenvalue weighted by Crippen LogP contribution is 2.50.